The van der Waals surface area contributed by atoms with Crippen molar-refractivity contribution in [3.05, 3.63) is 47.7 Å². The molecule has 1 aliphatic heterocycles. The molecule has 1 fully saturated rings. The molecule has 9 heteroatoms. The summed E-state index contributed by atoms with van der Waals surface area (Å²) in [6, 6.07) is 1.68. The van der Waals surface area contributed by atoms with Crippen LogP contribution in [0.3, 0.4) is 0 Å². The van der Waals surface area contributed by atoms with Crippen LogP contribution >= 0.6 is 0 Å². The molecule has 0 unspecified atom stereocenters. The van der Waals surface area contributed by atoms with Gasteiger partial charge in [0, 0.05) is 26.2 Å². The van der Waals surface area contributed by atoms with E-state index in [0.29, 0.717) is 5.82 Å². The fraction of sp³-hybridized carbons (Fsp3) is 0.353. The second-order valence-corrected chi connectivity index (χ2v) is 5.86. The standard InChI is InChI=1S/C17H18F3N5O/c1-2-24-5-7-25(8-6-24)14-10-21-13(9-22-14)17(26)23-12-4-3-11(18)15(19)16(12)20/h3-4,9-10H,2,5-8H2,1H3,(H,23,26). The molecule has 1 aromatic carbocycles. The Hall–Kier alpha value is -2.68. The van der Waals surface area contributed by atoms with Crippen LogP contribution in [0.15, 0.2) is 24.5 Å². The summed E-state index contributed by atoms with van der Waals surface area (Å²) >= 11 is 0. The molecular formula is C17H18F3N5O. The molecule has 2 aromatic rings. The molecule has 1 saturated heterocycles. The van der Waals surface area contributed by atoms with Crippen LogP contribution in [-0.4, -0.2) is 53.5 Å². The highest BCUT2D eigenvalue weighted by Gasteiger charge is 2.19. The van der Waals surface area contributed by atoms with E-state index in [4.69, 9.17) is 0 Å². The van der Waals surface area contributed by atoms with Gasteiger partial charge in [-0.1, -0.05) is 6.92 Å². The number of carbonyl (C=O) groups excluding carboxylic acids is 1. The topological polar surface area (TPSA) is 61.4 Å². The molecule has 6 nitrogen and oxygen atoms in total. The number of benzene rings is 1. The van der Waals surface area contributed by atoms with E-state index >= 15 is 0 Å². The predicted molar refractivity (Wildman–Crippen MR) is 90.6 cm³/mol. The van der Waals surface area contributed by atoms with Crippen molar-refractivity contribution in [3.63, 3.8) is 0 Å². The van der Waals surface area contributed by atoms with Gasteiger partial charge in [0.25, 0.3) is 5.91 Å². The molecule has 0 radical (unpaired) electrons. The fourth-order valence-corrected chi connectivity index (χ4v) is 2.70. The molecule has 1 aromatic heterocycles. The Labute approximate surface area is 148 Å². The van der Waals surface area contributed by atoms with Gasteiger partial charge in [0.2, 0.25) is 0 Å². The molecule has 0 bridgehead atoms. The summed E-state index contributed by atoms with van der Waals surface area (Å²) in [6.45, 7) is 6.59. The van der Waals surface area contributed by atoms with Crippen molar-refractivity contribution in [1.82, 2.24) is 14.9 Å². The maximum Gasteiger partial charge on any atom is 0.275 e. The molecule has 0 saturated carbocycles. The van der Waals surface area contributed by atoms with Crippen molar-refractivity contribution >= 4 is 17.4 Å². The lowest BCUT2D eigenvalue weighted by molar-refractivity contribution is 0.102. The smallest absolute Gasteiger partial charge is 0.275 e. The molecule has 0 atom stereocenters. The predicted octanol–water partition coefficient (Wildman–Crippen LogP) is 2.29. The van der Waals surface area contributed by atoms with Crippen molar-refractivity contribution in [3.8, 4) is 0 Å². The maximum atomic E-state index is 13.6. The van der Waals surface area contributed by atoms with Crippen LogP contribution < -0.4 is 10.2 Å². The van der Waals surface area contributed by atoms with Crippen LogP contribution in [0.1, 0.15) is 17.4 Å². The highest BCUT2D eigenvalue weighted by Crippen LogP contribution is 2.20. The first-order chi connectivity index (χ1) is 12.5. The number of hydrogen-bond donors (Lipinski definition) is 1. The molecule has 1 amide bonds. The van der Waals surface area contributed by atoms with Crippen molar-refractivity contribution in [1.29, 1.82) is 0 Å². The fourth-order valence-electron chi connectivity index (χ4n) is 2.70. The molecule has 1 aliphatic rings. The normalized spacial score (nSPS) is 15.2. The Morgan fingerprint density at radius 1 is 1.08 bits per heavy atom. The zero-order valence-corrected chi connectivity index (χ0v) is 14.2. The van der Waals surface area contributed by atoms with E-state index in [1.54, 1.807) is 0 Å². The number of halogens is 3. The second-order valence-electron chi connectivity index (χ2n) is 5.86. The first kappa shape index (κ1) is 18.1. The largest absolute Gasteiger partial charge is 0.353 e. The van der Waals surface area contributed by atoms with Crippen LogP contribution in [0.4, 0.5) is 24.7 Å². The van der Waals surface area contributed by atoms with Crippen LogP contribution in [0.5, 0.6) is 0 Å². The number of likely N-dealkylation sites (N-methyl/N-ethyl adjacent to an activating group) is 1. The SMILES string of the molecule is CCN1CCN(c2cnc(C(=O)Nc3ccc(F)c(F)c3F)cn2)CC1. The van der Waals surface area contributed by atoms with Gasteiger partial charge in [-0.05, 0) is 18.7 Å². The Morgan fingerprint density at radius 2 is 1.81 bits per heavy atom. The number of carbonyl (C=O) groups is 1. The van der Waals surface area contributed by atoms with E-state index in [1.165, 1.54) is 12.4 Å². The van der Waals surface area contributed by atoms with Gasteiger partial charge in [0.1, 0.15) is 11.5 Å². The molecule has 2 heterocycles. The van der Waals surface area contributed by atoms with Gasteiger partial charge >= 0.3 is 0 Å². The Morgan fingerprint density at radius 3 is 2.42 bits per heavy atom. The number of nitrogens with zero attached hydrogens (tertiary/aromatic N) is 4. The van der Waals surface area contributed by atoms with Crippen LogP contribution in [0.2, 0.25) is 0 Å². The van der Waals surface area contributed by atoms with Crippen molar-refractivity contribution in [2.24, 2.45) is 0 Å². The Kier molecular flexibility index (Phi) is 5.36. The summed E-state index contributed by atoms with van der Waals surface area (Å²) in [6.07, 6.45) is 2.74. The molecular weight excluding hydrogens is 347 g/mol. The van der Waals surface area contributed by atoms with Crippen molar-refractivity contribution < 1.29 is 18.0 Å². The first-order valence-corrected chi connectivity index (χ1v) is 8.23. The second kappa shape index (κ2) is 7.69. The number of nitrogens with one attached hydrogen (secondary N) is 1. The van der Waals surface area contributed by atoms with Crippen LogP contribution in [0.25, 0.3) is 0 Å². The van der Waals surface area contributed by atoms with Gasteiger partial charge in [-0.15, -0.1) is 0 Å². The minimum absolute atomic E-state index is 0.0509. The Balaban J connectivity index is 1.67. The minimum atomic E-state index is -1.64. The monoisotopic (exact) mass is 365 g/mol. The average Bonchev–Trinajstić information content (AvgIpc) is 2.68. The van der Waals surface area contributed by atoms with Gasteiger partial charge in [-0.2, -0.15) is 0 Å². The van der Waals surface area contributed by atoms with E-state index in [1.807, 2.05) is 0 Å². The lowest BCUT2D eigenvalue weighted by Crippen LogP contribution is -2.46. The number of piperazine rings is 1. The molecule has 138 valence electrons. The minimum Gasteiger partial charge on any atom is -0.353 e. The molecule has 26 heavy (non-hydrogen) atoms. The summed E-state index contributed by atoms with van der Waals surface area (Å²) in [5.74, 6) is -4.54. The lowest BCUT2D eigenvalue weighted by atomic mass is 10.2. The summed E-state index contributed by atoms with van der Waals surface area (Å²) in [5, 5.41) is 2.16. The number of anilines is 2. The van der Waals surface area contributed by atoms with E-state index in [9.17, 15) is 18.0 Å². The van der Waals surface area contributed by atoms with E-state index in [0.717, 1.165) is 44.9 Å². The lowest BCUT2D eigenvalue weighted by Gasteiger charge is -2.34. The molecule has 3 rings (SSSR count). The highest BCUT2D eigenvalue weighted by molar-refractivity contribution is 6.02. The van der Waals surface area contributed by atoms with Crippen LogP contribution in [-0.2, 0) is 0 Å². The highest BCUT2D eigenvalue weighted by atomic mass is 19.2. The third-order valence-electron chi connectivity index (χ3n) is 4.30. The van der Waals surface area contributed by atoms with Gasteiger partial charge < -0.3 is 15.1 Å². The first-order valence-electron chi connectivity index (χ1n) is 8.23. The number of hydrogen-bond acceptors (Lipinski definition) is 5. The number of rotatable bonds is 4. The third-order valence-corrected chi connectivity index (χ3v) is 4.30. The zero-order valence-electron chi connectivity index (χ0n) is 14.2. The van der Waals surface area contributed by atoms with E-state index < -0.39 is 29.0 Å². The molecule has 1 N–H and O–H groups in total. The summed E-state index contributed by atoms with van der Waals surface area (Å²) in [7, 11) is 0. The Bertz CT molecular complexity index is 792. The van der Waals surface area contributed by atoms with Gasteiger partial charge in [-0.25, -0.2) is 23.1 Å². The van der Waals surface area contributed by atoms with Crippen LogP contribution in [0, 0.1) is 17.5 Å². The van der Waals surface area contributed by atoms with Gasteiger partial charge in [0.15, 0.2) is 17.5 Å². The maximum absolute atomic E-state index is 13.6. The third kappa shape index (κ3) is 3.77. The van der Waals surface area contributed by atoms with Crippen molar-refractivity contribution in [2.75, 3.05) is 42.9 Å². The summed E-state index contributed by atoms with van der Waals surface area (Å²) in [5.41, 5.74) is -0.513. The quantitative estimate of drug-likeness (QED) is 0.843. The zero-order chi connectivity index (χ0) is 18.7. The van der Waals surface area contributed by atoms with Crippen molar-refractivity contribution in [2.45, 2.75) is 6.92 Å². The van der Waals surface area contributed by atoms with E-state index in [2.05, 4.69) is 32.0 Å². The van der Waals surface area contributed by atoms with Gasteiger partial charge in [-0.3, -0.25) is 4.79 Å². The summed E-state index contributed by atoms with van der Waals surface area (Å²) < 4.78 is 39.8. The number of aromatic nitrogens is 2. The molecule has 0 aliphatic carbocycles. The van der Waals surface area contributed by atoms with Gasteiger partial charge in [0.05, 0.1) is 18.1 Å². The van der Waals surface area contributed by atoms with E-state index in [-0.39, 0.29) is 5.69 Å². The average molecular weight is 365 g/mol. The molecule has 0 spiro atoms. The number of amides is 1. The summed E-state index contributed by atoms with van der Waals surface area (Å²) in [4.78, 5) is 24.8.